The van der Waals surface area contributed by atoms with E-state index >= 15 is 0 Å². The van der Waals surface area contributed by atoms with E-state index < -0.39 is 0 Å². The predicted molar refractivity (Wildman–Crippen MR) is 90.2 cm³/mol. The van der Waals surface area contributed by atoms with E-state index in [9.17, 15) is 0 Å². The van der Waals surface area contributed by atoms with Gasteiger partial charge >= 0.3 is 51.4 Å². The molecule has 96 valence electrons. The largest absolute Gasteiger partial charge is 0.0622 e. The molecule has 0 N–H and O–H groups in total. The molecule has 0 heterocycles. The van der Waals surface area contributed by atoms with E-state index in [-0.39, 0.29) is 51.4 Å². The molecule has 0 fully saturated rings. The number of hydrogen-bond donors (Lipinski definition) is 0. The fraction of sp³-hybridized carbons (Fsp3) is 0.0526. The number of benzene rings is 3. The maximum Gasteiger partial charge on any atom is -0.0184 e. The van der Waals surface area contributed by atoms with Crippen molar-refractivity contribution in [3.63, 3.8) is 0 Å². The van der Waals surface area contributed by atoms with Gasteiger partial charge in [0.1, 0.15) is 0 Å². The molecule has 3 rings (SSSR count). The van der Waals surface area contributed by atoms with Crippen LogP contribution >= 0.6 is 0 Å². The molecule has 1 heteroatoms. The third-order valence-corrected chi connectivity index (χ3v) is 2.82. The van der Waals surface area contributed by atoms with Crippen LogP contribution in [-0.2, 0) is 0 Å². The fourth-order valence-corrected chi connectivity index (χ4v) is 1.80. The Morgan fingerprint density at radius 2 is 0.750 bits per heavy atom. The first-order chi connectivity index (χ1) is 9.36. The van der Waals surface area contributed by atoms with Crippen LogP contribution in [0.1, 0.15) is 5.56 Å². The molecule has 0 atom stereocenters. The van der Waals surface area contributed by atoms with Crippen molar-refractivity contribution in [1.82, 2.24) is 0 Å². The minimum atomic E-state index is 0. The Balaban J connectivity index is 0.000000216. The molecule has 3 aromatic rings. The number of aryl methyl sites for hydroxylation is 1. The van der Waals surface area contributed by atoms with Gasteiger partial charge < -0.3 is 0 Å². The first kappa shape index (κ1) is 17.3. The molecule has 0 aliphatic heterocycles. The van der Waals surface area contributed by atoms with Gasteiger partial charge in [0.2, 0.25) is 0 Å². The Morgan fingerprint density at radius 1 is 0.450 bits per heavy atom. The van der Waals surface area contributed by atoms with Crippen molar-refractivity contribution < 1.29 is 0 Å². The summed E-state index contributed by atoms with van der Waals surface area (Å²) in [5, 5.41) is 0. The first-order valence-electron chi connectivity index (χ1n) is 6.48. The van der Waals surface area contributed by atoms with Gasteiger partial charge in [0.05, 0.1) is 0 Å². The standard InChI is InChI=1S/C12H10.C7H8.K.H/c1-3-7-11(8-4-1)12-9-5-2-6-10-12;1-7-5-3-2-4-6-7;;/h1-10H;2-6H,1H3;;. The van der Waals surface area contributed by atoms with Crippen molar-refractivity contribution in [2.75, 3.05) is 0 Å². The fourth-order valence-electron chi connectivity index (χ4n) is 1.80. The van der Waals surface area contributed by atoms with Crippen LogP contribution in [-0.4, -0.2) is 51.4 Å². The summed E-state index contributed by atoms with van der Waals surface area (Å²) in [6.45, 7) is 2.08. The molecule has 0 aromatic heterocycles. The quantitative estimate of drug-likeness (QED) is 0.569. The van der Waals surface area contributed by atoms with Crippen LogP contribution in [0.5, 0.6) is 0 Å². The number of rotatable bonds is 1. The molecule has 0 nitrogen and oxygen atoms in total. The van der Waals surface area contributed by atoms with Crippen LogP contribution < -0.4 is 0 Å². The third-order valence-electron chi connectivity index (χ3n) is 2.82. The van der Waals surface area contributed by atoms with Gasteiger partial charge in [-0.2, -0.15) is 0 Å². The second-order valence-electron chi connectivity index (χ2n) is 4.39. The van der Waals surface area contributed by atoms with Crippen LogP contribution in [0.4, 0.5) is 0 Å². The Bertz CT molecular complexity index is 536. The molecule has 0 spiro atoms. The second kappa shape index (κ2) is 10.1. The SMILES string of the molecule is Cc1ccccc1.[KH].c1ccc(-c2ccccc2)cc1. The van der Waals surface area contributed by atoms with Gasteiger partial charge in [-0.1, -0.05) is 96.6 Å². The molecular formula is C19H19K. The molecule has 0 saturated carbocycles. The van der Waals surface area contributed by atoms with E-state index in [0.717, 1.165) is 0 Å². The summed E-state index contributed by atoms with van der Waals surface area (Å²) in [6.07, 6.45) is 0. The van der Waals surface area contributed by atoms with E-state index in [1.165, 1.54) is 16.7 Å². The smallest absolute Gasteiger partial charge is 0.0184 e. The Morgan fingerprint density at radius 3 is 1.00 bits per heavy atom. The van der Waals surface area contributed by atoms with Crippen molar-refractivity contribution in [3.05, 3.63) is 96.6 Å². The molecule has 0 unspecified atom stereocenters. The van der Waals surface area contributed by atoms with Crippen LogP contribution in [0.3, 0.4) is 0 Å². The average molecular weight is 286 g/mol. The molecule has 0 saturated heterocycles. The topological polar surface area (TPSA) is 0 Å². The minimum Gasteiger partial charge on any atom is -0.0622 e. The maximum atomic E-state index is 2.12. The van der Waals surface area contributed by atoms with Crippen molar-refractivity contribution >= 4 is 51.4 Å². The van der Waals surface area contributed by atoms with Crippen LogP contribution in [0, 0.1) is 6.92 Å². The Kier molecular flexibility index (Phi) is 8.75. The molecule has 20 heavy (non-hydrogen) atoms. The summed E-state index contributed by atoms with van der Waals surface area (Å²) >= 11 is 0. The van der Waals surface area contributed by atoms with Gasteiger partial charge in [-0.05, 0) is 18.1 Å². The van der Waals surface area contributed by atoms with Crippen molar-refractivity contribution in [2.45, 2.75) is 6.92 Å². The summed E-state index contributed by atoms with van der Waals surface area (Å²) in [4.78, 5) is 0. The second-order valence-corrected chi connectivity index (χ2v) is 4.39. The third kappa shape index (κ3) is 6.16. The summed E-state index contributed by atoms with van der Waals surface area (Å²) < 4.78 is 0. The first-order valence-corrected chi connectivity index (χ1v) is 6.48. The zero-order valence-corrected chi connectivity index (χ0v) is 11.2. The van der Waals surface area contributed by atoms with E-state index in [1.807, 2.05) is 30.3 Å². The molecule has 0 radical (unpaired) electrons. The number of hydrogen-bond acceptors (Lipinski definition) is 0. The minimum absolute atomic E-state index is 0. The van der Waals surface area contributed by atoms with Crippen LogP contribution in [0.2, 0.25) is 0 Å². The van der Waals surface area contributed by atoms with E-state index in [2.05, 4.69) is 67.6 Å². The van der Waals surface area contributed by atoms with Gasteiger partial charge in [0.25, 0.3) is 0 Å². The van der Waals surface area contributed by atoms with Gasteiger partial charge in [-0.3, -0.25) is 0 Å². The van der Waals surface area contributed by atoms with Crippen molar-refractivity contribution in [2.24, 2.45) is 0 Å². The van der Waals surface area contributed by atoms with E-state index in [0.29, 0.717) is 0 Å². The normalized spacial score (nSPS) is 8.85. The van der Waals surface area contributed by atoms with Gasteiger partial charge in [0.15, 0.2) is 0 Å². The molecule has 0 aliphatic carbocycles. The molecule has 3 aromatic carbocycles. The molecule has 0 amide bonds. The summed E-state index contributed by atoms with van der Waals surface area (Å²) in [5.41, 5.74) is 3.87. The van der Waals surface area contributed by atoms with Gasteiger partial charge in [0, 0.05) is 0 Å². The monoisotopic (exact) mass is 286 g/mol. The predicted octanol–water partition coefficient (Wildman–Crippen LogP) is 4.70. The van der Waals surface area contributed by atoms with Gasteiger partial charge in [-0.25, -0.2) is 0 Å². The zero-order chi connectivity index (χ0) is 13.3. The summed E-state index contributed by atoms with van der Waals surface area (Å²) in [6, 6.07) is 31.0. The molecule has 0 aliphatic rings. The van der Waals surface area contributed by atoms with Crippen molar-refractivity contribution in [1.29, 1.82) is 0 Å². The molecular weight excluding hydrogens is 267 g/mol. The van der Waals surface area contributed by atoms with Gasteiger partial charge in [-0.15, -0.1) is 0 Å². The van der Waals surface area contributed by atoms with Crippen molar-refractivity contribution in [3.8, 4) is 11.1 Å². The summed E-state index contributed by atoms with van der Waals surface area (Å²) in [7, 11) is 0. The zero-order valence-electron chi connectivity index (χ0n) is 11.2. The average Bonchev–Trinajstić information content (AvgIpc) is 2.51. The Labute approximate surface area is 164 Å². The summed E-state index contributed by atoms with van der Waals surface area (Å²) in [5.74, 6) is 0. The van der Waals surface area contributed by atoms with Crippen LogP contribution in [0.15, 0.2) is 91.0 Å². The van der Waals surface area contributed by atoms with E-state index in [1.54, 1.807) is 0 Å². The van der Waals surface area contributed by atoms with E-state index in [4.69, 9.17) is 0 Å². The maximum absolute atomic E-state index is 2.12. The van der Waals surface area contributed by atoms with Crippen LogP contribution in [0.25, 0.3) is 11.1 Å². The Hall–Kier alpha value is -0.704. The molecule has 0 bridgehead atoms.